The Morgan fingerprint density at radius 2 is 0.869 bits per heavy atom. The summed E-state index contributed by atoms with van der Waals surface area (Å²) in [7, 11) is 0. The average molecular weight is 833 g/mol. The molecule has 2 fully saturated rings. The molecule has 1 unspecified atom stereocenters. The van der Waals surface area contributed by atoms with Gasteiger partial charge in [0.2, 0.25) is 0 Å². The highest BCUT2D eigenvalue weighted by molar-refractivity contribution is 6.04. The van der Waals surface area contributed by atoms with Gasteiger partial charge in [-0.1, -0.05) is 72.3 Å². The van der Waals surface area contributed by atoms with Crippen LogP contribution >= 0.6 is 0 Å². The molecule has 0 spiro atoms. The van der Waals surface area contributed by atoms with E-state index in [2.05, 4.69) is 9.80 Å². The number of Topliss-reactive ketones (excluding diaryl/α,β-unsaturated/α-hetero) is 4. The number of carbonyl (C=O) groups excluding carboxylic acids is 4. The van der Waals surface area contributed by atoms with Crippen molar-refractivity contribution in [2.24, 2.45) is 11.8 Å². The van der Waals surface area contributed by atoms with E-state index in [1.54, 1.807) is 18.2 Å². The van der Waals surface area contributed by atoms with Crippen molar-refractivity contribution in [2.75, 3.05) is 6.54 Å². The van der Waals surface area contributed by atoms with E-state index in [9.17, 15) is 39.6 Å². The fraction of sp³-hybridized carbons (Fsp3) is 0.490. The highest BCUT2D eigenvalue weighted by Crippen LogP contribution is 2.50. The minimum absolute atomic E-state index is 0.147. The summed E-state index contributed by atoms with van der Waals surface area (Å²) in [5, 5.41) is 42.1. The molecule has 3 aromatic rings. The number of hydrogen-bond acceptors (Lipinski definition) is 10. The van der Waals surface area contributed by atoms with Gasteiger partial charge in [0.25, 0.3) is 0 Å². The lowest BCUT2D eigenvalue weighted by Crippen LogP contribution is -2.44. The van der Waals surface area contributed by atoms with E-state index in [1.807, 2.05) is 66.7 Å². The molecular formula is C51H64N2O8. The van der Waals surface area contributed by atoms with Crippen LogP contribution in [0.5, 0.6) is 0 Å². The van der Waals surface area contributed by atoms with Crippen LogP contribution in [-0.4, -0.2) is 94.4 Å². The molecule has 3 aliphatic carbocycles. The highest BCUT2D eigenvalue weighted by Gasteiger charge is 2.44. The first-order valence-electron chi connectivity index (χ1n) is 21.6. The van der Waals surface area contributed by atoms with Gasteiger partial charge in [0.1, 0.15) is 22.4 Å². The topological polar surface area (TPSA) is 156 Å². The standard InChI is InChI=1S/C51H64N2O8/c1-48(2,58)44(54)35-15-9-12-32(22-35)28-52(29-33-13-10-16-36(23-33)45(55)49(3,4)59)41-18-20-42(21-19-41)53(30-34-14-11-17-37(24-34)46(56)50(5,6)60)31-40-26-39(25-38-27-43(38)40)47(57)51(7,8)61/h9-17,22-26,38,41-43,58-61H,18-21,27-31H2,1-8H3/t38?,41?,42?,43-/m0/s1. The lowest BCUT2D eigenvalue weighted by Gasteiger charge is -2.41. The van der Waals surface area contributed by atoms with Crippen molar-refractivity contribution in [3.8, 4) is 0 Å². The first-order chi connectivity index (χ1) is 28.4. The third kappa shape index (κ3) is 11.5. The van der Waals surface area contributed by atoms with Crippen LogP contribution in [0.2, 0.25) is 0 Å². The maximum absolute atomic E-state index is 13.3. The second-order valence-electron chi connectivity index (χ2n) is 19.8. The van der Waals surface area contributed by atoms with E-state index in [1.165, 1.54) is 61.0 Å². The van der Waals surface area contributed by atoms with Crippen LogP contribution in [0.4, 0.5) is 0 Å². The summed E-state index contributed by atoms with van der Waals surface area (Å²) in [6.07, 6.45) is 8.40. The number of aliphatic hydroxyl groups is 4. The summed E-state index contributed by atoms with van der Waals surface area (Å²) in [5.41, 5.74) is -0.160. The third-order valence-electron chi connectivity index (χ3n) is 12.3. The summed E-state index contributed by atoms with van der Waals surface area (Å²) in [4.78, 5) is 57.4. The molecule has 0 aliphatic heterocycles. The van der Waals surface area contributed by atoms with Crippen molar-refractivity contribution < 1.29 is 39.6 Å². The minimum Gasteiger partial charge on any atom is -0.382 e. The quantitative estimate of drug-likeness (QED) is 0.0968. The maximum Gasteiger partial charge on any atom is 0.193 e. The Morgan fingerprint density at radius 3 is 1.21 bits per heavy atom. The number of rotatable bonds is 18. The molecule has 3 aromatic carbocycles. The Hall–Kier alpha value is -4.42. The molecular weight excluding hydrogens is 769 g/mol. The molecule has 6 rings (SSSR count). The first-order valence-corrected chi connectivity index (χ1v) is 21.6. The molecule has 61 heavy (non-hydrogen) atoms. The molecule has 2 saturated carbocycles. The van der Waals surface area contributed by atoms with Crippen LogP contribution in [0.3, 0.4) is 0 Å². The van der Waals surface area contributed by atoms with Crippen molar-refractivity contribution in [3.63, 3.8) is 0 Å². The Kier molecular flexibility index (Phi) is 13.4. The molecule has 326 valence electrons. The molecule has 0 amide bonds. The molecule has 0 radical (unpaired) electrons. The number of carbonyl (C=O) groups is 4. The van der Waals surface area contributed by atoms with Crippen LogP contribution in [0, 0.1) is 11.8 Å². The number of hydrogen-bond donors (Lipinski definition) is 4. The normalized spacial score (nSPS) is 20.8. The monoisotopic (exact) mass is 832 g/mol. The number of fused-ring (bicyclic) bond motifs is 1. The fourth-order valence-electron chi connectivity index (χ4n) is 8.92. The summed E-state index contributed by atoms with van der Waals surface area (Å²) in [6, 6.07) is 22.6. The van der Waals surface area contributed by atoms with Crippen LogP contribution < -0.4 is 0 Å². The van der Waals surface area contributed by atoms with Crippen molar-refractivity contribution in [2.45, 2.75) is 142 Å². The summed E-state index contributed by atoms with van der Waals surface area (Å²) in [6.45, 7) is 14.2. The van der Waals surface area contributed by atoms with E-state index in [4.69, 9.17) is 0 Å². The number of ketones is 4. The number of allylic oxidation sites excluding steroid dienone is 2. The van der Waals surface area contributed by atoms with Gasteiger partial charge in [-0.2, -0.15) is 0 Å². The molecule has 0 saturated heterocycles. The predicted octanol–water partition coefficient (Wildman–Crippen LogP) is 7.21. The molecule has 0 heterocycles. The van der Waals surface area contributed by atoms with Gasteiger partial charge >= 0.3 is 0 Å². The molecule has 0 bridgehead atoms. The van der Waals surface area contributed by atoms with Gasteiger partial charge in [-0.15, -0.1) is 0 Å². The van der Waals surface area contributed by atoms with Gasteiger partial charge in [0, 0.05) is 60.5 Å². The van der Waals surface area contributed by atoms with E-state index < -0.39 is 22.4 Å². The lowest BCUT2D eigenvalue weighted by atomic mass is 9.86. The number of benzene rings is 3. The Labute approximate surface area is 361 Å². The zero-order chi connectivity index (χ0) is 44.7. The minimum atomic E-state index is -1.51. The second kappa shape index (κ2) is 17.8. The van der Waals surface area contributed by atoms with Gasteiger partial charge in [-0.25, -0.2) is 0 Å². The van der Waals surface area contributed by atoms with E-state index in [0.29, 0.717) is 54.4 Å². The fourth-order valence-corrected chi connectivity index (χ4v) is 8.92. The summed E-state index contributed by atoms with van der Waals surface area (Å²) < 4.78 is 0. The summed E-state index contributed by atoms with van der Waals surface area (Å²) in [5.74, 6) is -0.727. The Morgan fingerprint density at radius 1 is 0.525 bits per heavy atom. The lowest BCUT2D eigenvalue weighted by molar-refractivity contribution is -0.129. The van der Waals surface area contributed by atoms with Gasteiger partial charge < -0.3 is 20.4 Å². The van der Waals surface area contributed by atoms with Crippen LogP contribution in [0.15, 0.2) is 96.1 Å². The molecule has 2 atom stereocenters. The first kappa shape index (κ1) is 46.1. The van der Waals surface area contributed by atoms with Gasteiger partial charge in [0.15, 0.2) is 23.1 Å². The SMILES string of the molecule is CC(C)(O)C(=O)C1=CC2C[C@@H]2C(CN(Cc2cccc(C(=O)C(C)(C)O)c2)C2CCC(N(Cc3cccc(C(=O)C(C)(C)O)c3)Cc3cccc(C(=O)C(C)(C)O)c3)CC2)=C1. The van der Waals surface area contributed by atoms with E-state index >= 15 is 0 Å². The molecule has 10 nitrogen and oxygen atoms in total. The number of nitrogens with zero attached hydrogens (tertiary/aromatic N) is 2. The van der Waals surface area contributed by atoms with Crippen LogP contribution in [0.25, 0.3) is 0 Å². The molecule has 3 aliphatic rings. The van der Waals surface area contributed by atoms with Crippen LogP contribution in [-0.2, 0) is 24.4 Å². The van der Waals surface area contributed by atoms with Gasteiger partial charge in [-0.05, 0) is 134 Å². The Bertz CT molecular complexity index is 2130. The summed E-state index contributed by atoms with van der Waals surface area (Å²) >= 11 is 0. The second-order valence-corrected chi connectivity index (χ2v) is 19.8. The van der Waals surface area contributed by atoms with E-state index in [-0.39, 0.29) is 41.1 Å². The zero-order valence-corrected chi connectivity index (χ0v) is 37.1. The highest BCUT2D eigenvalue weighted by atomic mass is 16.3. The molecule has 10 heteroatoms. The molecule has 0 aromatic heterocycles. The largest absolute Gasteiger partial charge is 0.382 e. The molecule has 4 N–H and O–H groups in total. The van der Waals surface area contributed by atoms with Crippen LogP contribution in [0.1, 0.15) is 135 Å². The average Bonchev–Trinajstić information content (AvgIpc) is 3.98. The third-order valence-corrected chi connectivity index (χ3v) is 12.3. The Balaban J connectivity index is 1.28. The van der Waals surface area contributed by atoms with Crippen molar-refractivity contribution in [1.82, 2.24) is 9.80 Å². The maximum atomic E-state index is 13.3. The van der Waals surface area contributed by atoms with Crippen molar-refractivity contribution >= 4 is 23.1 Å². The van der Waals surface area contributed by atoms with Crippen molar-refractivity contribution in [3.05, 3.63) is 129 Å². The zero-order valence-electron chi connectivity index (χ0n) is 37.1. The van der Waals surface area contributed by atoms with Crippen molar-refractivity contribution in [1.29, 1.82) is 0 Å². The van der Waals surface area contributed by atoms with Gasteiger partial charge in [0.05, 0.1) is 0 Å². The smallest absolute Gasteiger partial charge is 0.193 e. The van der Waals surface area contributed by atoms with E-state index in [0.717, 1.165) is 48.8 Å². The van der Waals surface area contributed by atoms with Gasteiger partial charge in [-0.3, -0.25) is 29.0 Å². The predicted molar refractivity (Wildman–Crippen MR) is 236 cm³/mol.